The van der Waals surface area contributed by atoms with Gasteiger partial charge in [0.25, 0.3) is 5.91 Å². The molecule has 1 heterocycles. The molecule has 0 spiro atoms. The molecule has 1 aliphatic heterocycles. The van der Waals surface area contributed by atoms with E-state index in [1.54, 1.807) is 38.3 Å². The van der Waals surface area contributed by atoms with E-state index in [1.165, 1.54) is 19.2 Å². The van der Waals surface area contributed by atoms with Gasteiger partial charge in [0.1, 0.15) is 17.3 Å². The summed E-state index contributed by atoms with van der Waals surface area (Å²) in [7, 11) is 3.10. The van der Waals surface area contributed by atoms with E-state index in [0.29, 0.717) is 46.7 Å². The van der Waals surface area contributed by atoms with E-state index in [-0.39, 0.29) is 16.9 Å². The van der Waals surface area contributed by atoms with Crippen LogP contribution in [0.1, 0.15) is 45.1 Å². The van der Waals surface area contributed by atoms with Crippen LogP contribution in [0.25, 0.3) is 0 Å². The Hall–Kier alpha value is -3.61. The van der Waals surface area contributed by atoms with Crippen molar-refractivity contribution in [2.45, 2.75) is 39.5 Å². The molecule has 2 aromatic rings. The first-order valence-electron chi connectivity index (χ1n) is 11.2. The molecule has 2 aromatic carbocycles. The third-order valence-electron chi connectivity index (χ3n) is 6.36. The molecule has 1 atom stereocenters. The summed E-state index contributed by atoms with van der Waals surface area (Å²) in [5.74, 6) is -0.621. The molecular weight excluding hydrogens is 435 g/mol. The highest BCUT2D eigenvalue weighted by Gasteiger charge is 2.43. The molecule has 6 nitrogen and oxygen atoms in total. The number of methoxy groups -OCH3 is 2. The molecule has 0 unspecified atom stereocenters. The summed E-state index contributed by atoms with van der Waals surface area (Å²) in [6.07, 6.45) is 1.03. The van der Waals surface area contributed by atoms with Gasteiger partial charge in [0, 0.05) is 40.6 Å². The number of Topliss-reactive ketones (excluding diaryl/α,β-unsaturated/α-hetero) is 1. The van der Waals surface area contributed by atoms with Gasteiger partial charge in [0.15, 0.2) is 5.78 Å². The molecule has 0 aromatic heterocycles. The second kappa shape index (κ2) is 8.97. The number of carbonyl (C=O) groups is 2. The first-order chi connectivity index (χ1) is 16.1. The van der Waals surface area contributed by atoms with Crippen LogP contribution < -0.4 is 20.1 Å². The molecule has 7 heteroatoms. The van der Waals surface area contributed by atoms with Gasteiger partial charge in [-0.05, 0) is 37.0 Å². The predicted molar refractivity (Wildman–Crippen MR) is 128 cm³/mol. The number of anilines is 1. The van der Waals surface area contributed by atoms with E-state index < -0.39 is 17.6 Å². The molecule has 0 fully saturated rings. The SMILES string of the molecule is COc1ccc([C@H]2C(C(=O)Nc3ccccc3F)=C(C)NC3=C2C(=O)CC(C)(C)C3)c(OC)c1. The van der Waals surface area contributed by atoms with Crippen LogP contribution in [0, 0.1) is 11.2 Å². The fourth-order valence-electron chi connectivity index (χ4n) is 4.86. The van der Waals surface area contributed by atoms with Gasteiger partial charge in [-0.15, -0.1) is 0 Å². The molecule has 0 saturated carbocycles. The summed E-state index contributed by atoms with van der Waals surface area (Å²) >= 11 is 0. The van der Waals surface area contributed by atoms with E-state index in [1.807, 2.05) is 6.07 Å². The minimum atomic E-state index is -0.674. The number of para-hydroxylation sites is 1. The number of benzene rings is 2. The molecule has 178 valence electrons. The van der Waals surface area contributed by atoms with Crippen molar-refractivity contribution in [2.75, 3.05) is 19.5 Å². The molecule has 1 amide bonds. The van der Waals surface area contributed by atoms with Crippen molar-refractivity contribution in [1.82, 2.24) is 5.32 Å². The molecule has 0 bridgehead atoms. The van der Waals surface area contributed by atoms with Crippen LogP contribution >= 0.6 is 0 Å². The lowest BCUT2D eigenvalue weighted by Crippen LogP contribution is -2.39. The highest BCUT2D eigenvalue weighted by Crippen LogP contribution is 2.49. The van der Waals surface area contributed by atoms with Crippen LogP contribution in [0.15, 0.2) is 65.0 Å². The second-order valence-corrected chi connectivity index (χ2v) is 9.47. The lowest BCUT2D eigenvalue weighted by molar-refractivity contribution is -0.118. The Balaban J connectivity index is 1.87. The fraction of sp³-hybridized carbons (Fsp3) is 0.333. The average Bonchev–Trinajstić information content (AvgIpc) is 2.78. The molecule has 0 saturated heterocycles. The van der Waals surface area contributed by atoms with Gasteiger partial charge in [-0.2, -0.15) is 0 Å². The quantitative estimate of drug-likeness (QED) is 0.645. The lowest BCUT2D eigenvalue weighted by atomic mass is 9.68. The molecule has 4 rings (SSSR count). The van der Waals surface area contributed by atoms with Crippen molar-refractivity contribution in [1.29, 1.82) is 0 Å². The van der Waals surface area contributed by atoms with Gasteiger partial charge in [-0.25, -0.2) is 4.39 Å². The predicted octanol–water partition coefficient (Wildman–Crippen LogP) is 5.09. The van der Waals surface area contributed by atoms with Gasteiger partial charge < -0.3 is 20.1 Å². The summed E-state index contributed by atoms with van der Waals surface area (Å²) in [4.78, 5) is 27.0. The number of ether oxygens (including phenoxy) is 2. The zero-order chi connectivity index (χ0) is 24.6. The van der Waals surface area contributed by atoms with E-state index in [2.05, 4.69) is 24.5 Å². The van der Waals surface area contributed by atoms with Crippen LogP contribution in [0.5, 0.6) is 11.5 Å². The number of allylic oxidation sites excluding steroid dienone is 3. The number of rotatable bonds is 5. The first-order valence-corrected chi connectivity index (χ1v) is 11.2. The topological polar surface area (TPSA) is 76.7 Å². The zero-order valence-corrected chi connectivity index (χ0v) is 20.0. The zero-order valence-electron chi connectivity index (χ0n) is 20.0. The van der Waals surface area contributed by atoms with Crippen molar-refractivity contribution in [3.63, 3.8) is 0 Å². The summed E-state index contributed by atoms with van der Waals surface area (Å²) in [5.41, 5.74) is 2.85. The minimum Gasteiger partial charge on any atom is -0.497 e. The Morgan fingerprint density at radius 1 is 1.12 bits per heavy atom. The summed E-state index contributed by atoms with van der Waals surface area (Å²) in [5, 5.41) is 6.00. The summed E-state index contributed by atoms with van der Waals surface area (Å²) < 4.78 is 25.3. The third kappa shape index (κ3) is 4.30. The monoisotopic (exact) mass is 464 g/mol. The summed E-state index contributed by atoms with van der Waals surface area (Å²) in [6, 6.07) is 11.3. The summed E-state index contributed by atoms with van der Waals surface area (Å²) in [6.45, 7) is 5.91. The number of hydrogen-bond acceptors (Lipinski definition) is 5. The van der Waals surface area contributed by atoms with Gasteiger partial charge >= 0.3 is 0 Å². The number of halogens is 1. The molecule has 2 aliphatic rings. The standard InChI is InChI=1S/C27H29FN2O4/c1-15-23(26(32)30-19-9-7-6-8-18(19)28)24(17-11-10-16(33-4)12-22(17)34-5)25-20(29-15)13-27(2,3)14-21(25)31/h6-12,24,29H,13-14H2,1-5H3,(H,30,32)/t24-/m0/s1. The lowest BCUT2D eigenvalue weighted by Gasteiger charge is -2.40. The molecule has 34 heavy (non-hydrogen) atoms. The van der Waals surface area contributed by atoms with Crippen molar-refractivity contribution < 1.29 is 23.5 Å². The Morgan fingerprint density at radius 3 is 2.53 bits per heavy atom. The van der Waals surface area contributed by atoms with Gasteiger partial charge in [0.05, 0.1) is 25.8 Å². The van der Waals surface area contributed by atoms with Crippen LogP contribution in [-0.2, 0) is 9.59 Å². The van der Waals surface area contributed by atoms with Crippen LogP contribution in [0.4, 0.5) is 10.1 Å². The van der Waals surface area contributed by atoms with E-state index in [0.717, 1.165) is 5.70 Å². The van der Waals surface area contributed by atoms with E-state index in [4.69, 9.17) is 9.47 Å². The highest BCUT2D eigenvalue weighted by molar-refractivity contribution is 6.10. The second-order valence-electron chi connectivity index (χ2n) is 9.47. The molecular formula is C27H29FN2O4. The van der Waals surface area contributed by atoms with E-state index >= 15 is 0 Å². The van der Waals surface area contributed by atoms with Gasteiger partial charge in [-0.3, -0.25) is 9.59 Å². The van der Waals surface area contributed by atoms with Crippen molar-refractivity contribution >= 4 is 17.4 Å². The smallest absolute Gasteiger partial charge is 0.254 e. The van der Waals surface area contributed by atoms with Crippen molar-refractivity contribution in [3.05, 3.63) is 76.4 Å². The Kier molecular flexibility index (Phi) is 6.21. The van der Waals surface area contributed by atoms with Gasteiger partial charge in [0.2, 0.25) is 0 Å². The van der Waals surface area contributed by atoms with Crippen LogP contribution in [0.3, 0.4) is 0 Å². The normalized spacial score (nSPS) is 19.4. The number of carbonyl (C=O) groups excluding carboxylic acids is 2. The average molecular weight is 465 g/mol. The maximum atomic E-state index is 14.3. The highest BCUT2D eigenvalue weighted by atomic mass is 19.1. The molecule has 1 aliphatic carbocycles. The van der Waals surface area contributed by atoms with Gasteiger partial charge in [-0.1, -0.05) is 32.0 Å². The third-order valence-corrected chi connectivity index (χ3v) is 6.36. The maximum Gasteiger partial charge on any atom is 0.254 e. The Morgan fingerprint density at radius 2 is 1.85 bits per heavy atom. The number of ketones is 1. The van der Waals surface area contributed by atoms with Crippen LogP contribution in [0.2, 0.25) is 0 Å². The molecule has 2 N–H and O–H groups in total. The fourth-order valence-corrected chi connectivity index (χ4v) is 4.86. The number of dihydropyridines is 1. The van der Waals surface area contributed by atoms with E-state index in [9.17, 15) is 14.0 Å². The van der Waals surface area contributed by atoms with Crippen molar-refractivity contribution in [3.8, 4) is 11.5 Å². The minimum absolute atomic E-state index is 0.0229. The maximum absolute atomic E-state index is 14.3. The Labute approximate surface area is 198 Å². The largest absolute Gasteiger partial charge is 0.497 e. The van der Waals surface area contributed by atoms with Crippen molar-refractivity contribution in [2.24, 2.45) is 5.41 Å². The molecule has 0 radical (unpaired) electrons. The Bertz CT molecular complexity index is 1230. The number of hydrogen-bond donors (Lipinski definition) is 2. The number of nitrogens with one attached hydrogen (secondary N) is 2. The number of amides is 1. The van der Waals surface area contributed by atoms with Crippen LogP contribution in [-0.4, -0.2) is 25.9 Å². The first kappa shape index (κ1) is 23.5.